The number of carbonyl (C=O) groups is 1. The number of aryl methyl sites for hydroxylation is 3. The van der Waals surface area contributed by atoms with E-state index in [9.17, 15) is 4.79 Å². The van der Waals surface area contributed by atoms with E-state index in [1.54, 1.807) is 18.1 Å². The summed E-state index contributed by atoms with van der Waals surface area (Å²) in [7, 11) is 1.99. The zero-order valence-corrected chi connectivity index (χ0v) is 22.8. The molecule has 0 bridgehead atoms. The van der Waals surface area contributed by atoms with Crippen LogP contribution in [0.5, 0.6) is 0 Å². The monoisotopic (exact) mass is 522 g/mol. The molecule has 0 saturated heterocycles. The van der Waals surface area contributed by atoms with Crippen LogP contribution in [0.1, 0.15) is 59.8 Å². The van der Waals surface area contributed by atoms with Gasteiger partial charge < -0.3 is 9.47 Å². The smallest absolute Gasteiger partial charge is 0.231 e. The number of fused-ring (bicyclic) bond motifs is 1. The quantitative estimate of drug-likeness (QED) is 0.252. The first kappa shape index (κ1) is 25.0. The van der Waals surface area contributed by atoms with Gasteiger partial charge in [0.25, 0.3) is 0 Å². The number of carbonyl (C=O) groups excluding carboxylic acids is 1. The Morgan fingerprint density at radius 3 is 2.66 bits per heavy atom. The summed E-state index contributed by atoms with van der Waals surface area (Å²) >= 11 is 1.70. The van der Waals surface area contributed by atoms with Crippen molar-refractivity contribution in [1.82, 2.24) is 14.3 Å². The van der Waals surface area contributed by atoms with Gasteiger partial charge in [-0.3, -0.25) is 9.52 Å². The number of amides is 1. The molecule has 2 aliphatic carbocycles. The molecule has 194 valence electrons. The highest BCUT2D eigenvalue weighted by atomic mass is 32.2. The number of benzene rings is 3. The molecule has 1 amide bonds. The lowest BCUT2D eigenvalue weighted by molar-refractivity contribution is -0.120. The summed E-state index contributed by atoms with van der Waals surface area (Å²) in [6.45, 7) is 2.65. The fraction of sp³-hybridized carbons (Fsp3) is 0.312. The minimum Gasteiger partial charge on any atom is -0.337 e. The second-order valence-electron chi connectivity index (χ2n) is 10.4. The summed E-state index contributed by atoms with van der Waals surface area (Å²) in [4.78, 5) is 21.7. The summed E-state index contributed by atoms with van der Waals surface area (Å²) < 4.78 is 5.70. The molecule has 3 atom stereocenters. The highest BCUT2D eigenvalue weighted by Crippen LogP contribution is 2.49. The lowest BCUT2D eigenvalue weighted by Gasteiger charge is -2.24. The molecule has 0 radical (unpaired) electrons. The van der Waals surface area contributed by atoms with Crippen LogP contribution in [0, 0.1) is 5.92 Å². The molecule has 4 aromatic rings. The largest absolute Gasteiger partial charge is 0.337 e. The average molecular weight is 523 g/mol. The first-order valence-corrected chi connectivity index (χ1v) is 14.4. The van der Waals surface area contributed by atoms with Crippen LogP contribution in [0.4, 0.5) is 5.69 Å². The summed E-state index contributed by atoms with van der Waals surface area (Å²) in [6.07, 6.45) is 7.81. The first-order chi connectivity index (χ1) is 18.6. The van der Waals surface area contributed by atoms with Crippen molar-refractivity contribution in [3.63, 3.8) is 0 Å². The van der Waals surface area contributed by atoms with Crippen molar-refractivity contribution in [3.8, 4) is 0 Å². The number of aromatic nitrogens is 2. The average Bonchev–Trinajstić information content (AvgIpc) is 3.51. The highest BCUT2D eigenvalue weighted by molar-refractivity contribution is 7.97. The van der Waals surface area contributed by atoms with E-state index in [0.717, 1.165) is 37.2 Å². The van der Waals surface area contributed by atoms with Crippen molar-refractivity contribution >= 4 is 23.5 Å². The van der Waals surface area contributed by atoms with Gasteiger partial charge in [-0.2, -0.15) is 0 Å². The maximum absolute atomic E-state index is 13.9. The number of anilines is 1. The Bertz CT molecular complexity index is 1420. The molecule has 1 aromatic heterocycles. The molecule has 0 aliphatic heterocycles. The van der Waals surface area contributed by atoms with Crippen molar-refractivity contribution in [2.75, 3.05) is 4.90 Å². The van der Waals surface area contributed by atoms with Crippen molar-refractivity contribution in [3.05, 3.63) is 113 Å². The van der Waals surface area contributed by atoms with E-state index in [-0.39, 0.29) is 17.9 Å². The molecule has 1 fully saturated rings. The van der Waals surface area contributed by atoms with E-state index in [1.807, 2.05) is 28.8 Å². The normalized spacial score (nSPS) is 19.8. The number of hydrogen-bond donors (Lipinski definition) is 1. The van der Waals surface area contributed by atoms with Gasteiger partial charge in [0.2, 0.25) is 5.91 Å². The van der Waals surface area contributed by atoms with Gasteiger partial charge in [-0.1, -0.05) is 55.5 Å². The maximum atomic E-state index is 13.9. The summed E-state index contributed by atoms with van der Waals surface area (Å²) in [5.41, 5.74) is 6.23. The van der Waals surface area contributed by atoms with E-state index < -0.39 is 0 Å². The minimum absolute atomic E-state index is 0.0153. The molecule has 5 nitrogen and oxygen atoms in total. The molecule has 1 saturated carbocycles. The van der Waals surface area contributed by atoms with Gasteiger partial charge >= 0.3 is 0 Å². The van der Waals surface area contributed by atoms with Crippen molar-refractivity contribution in [2.24, 2.45) is 13.0 Å². The molecular weight excluding hydrogens is 488 g/mol. The Hall–Kier alpha value is -3.35. The molecule has 3 unspecified atom stereocenters. The van der Waals surface area contributed by atoms with Gasteiger partial charge in [0.05, 0.1) is 6.54 Å². The lowest BCUT2D eigenvalue weighted by atomic mass is 10.1. The van der Waals surface area contributed by atoms with Crippen LogP contribution >= 0.6 is 11.9 Å². The zero-order chi connectivity index (χ0) is 26.1. The molecule has 38 heavy (non-hydrogen) atoms. The van der Waals surface area contributed by atoms with Crippen LogP contribution in [0.25, 0.3) is 0 Å². The predicted molar refractivity (Wildman–Crippen MR) is 154 cm³/mol. The van der Waals surface area contributed by atoms with E-state index in [0.29, 0.717) is 12.5 Å². The molecule has 1 N–H and O–H groups in total. The molecule has 3 aromatic carbocycles. The summed E-state index contributed by atoms with van der Waals surface area (Å²) in [5.74, 6) is 1.39. The van der Waals surface area contributed by atoms with Crippen LogP contribution < -0.4 is 9.62 Å². The Morgan fingerprint density at radius 1 is 1.11 bits per heavy atom. The van der Waals surface area contributed by atoms with Crippen molar-refractivity contribution < 1.29 is 4.79 Å². The third-order valence-electron chi connectivity index (χ3n) is 7.99. The Kier molecular flexibility index (Phi) is 7.09. The molecule has 0 spiro atoms. The Morgan fingerprint density at radius 2 is 1.92 bits per heavy atom. The standard InChI is InChI=1S/C32H34N4OS/c1-3-22-9-14-26(15-10-22)38-34-30-16-12-24-11-13-25(19-28(24)30)36(21-31-33-17-18-35(31)2)32(37)29-20-27(29)23-7-5-4-6-8-23/h4-11,13-15,17-19,27,29-30,34H,3,12,16,20-21H2,1-2H3. The third kappa shape index (κ3) is 5.16. The number of nitrogens with one attached hydrogen (secondary N) is 1. The molecule has 6 rings (SSSR count). The van der Waals surface area contributed by atoms with Crippen molar-refractivity contribution in [1.29, 1.82) is 0 Å². The van der Waals surface area contributed by atoms with Gasteiger partial charge in [-0.25, -0.2) is 4.98 Å². The van der Waals surface area contributed by atoms with Gasteiger partial charge in [-0.05, 0) is 90.1 Å². The molecule has 2 aliphatic rings. The summed E-state index contributed by atoms with van der Waals surface area (Å²) in [6, 6.07) is 26.0. The topological polar surface area (TPSA) is 50.2 Å². The van der Waals surface area contributed by atoms with Crippen LogP contribution in [-0.4, -0.2) is 15.5 Å². The highest BCUT2D eigenvalue weighted by Gasteiger charge is 2.46. The van der Waals surface area contributed by atoms with E-state index in [1.165, 1.54) is 27.1 Å². The van der Waals surface area contributed by atoms with Gasteiger partial charge in [0.1, 0.15) is 5.82 Å². The zero-order valence-electron chi connectivity index (χ0n) is 22.0. The summed E-state index contributed by atoms with van der Waals surface area (Å²) in [5, 5.41) is 0. The van der Waals surface area contributed by atoms with E-state index >= 15 is 0 Å². The second-order valence-corrected chi connectivity index (χ2v) is 11.3. The molecule has 6 heteroatoms. The minimum atomic E-state index is 0.0153. The first-order valence-electron chi connectivity index (χ1n) is 13.6. The lowest BCUT2D eigenvalue weighted by Crippen LogP contribution is -2.33. The second kappa shape index (κ2) is 10.8. The van der Waals surface area contributed by atoms with Crippen LogP contribution in [0.15, 0.2) is 90.1 Å². The third-order valence-corrected chi connectivity index (χ3v) is 8.90. The van der Waals surface area contributed by atoms with Crippen LogP contribution in [0.3, 0.4) is 0 Å². The van der Waals surface area contributed by atoms with Gasteiger partial charge in [0, 0.05) is 42.0 Å². The van der Waals surface area contributed by atoms with Crippen LogP contribution in [-0.2, 0) is 31.2 Å². The number of nitrogens with zero attached hydrogens (tertiary/aromatic N) is 3. The van der Waals surface area contributed by atoms with E-state index in [2.05, 4.69) is 83.4 Å². The number of imidazole rings is 1. The van der Waals surface area contributed by atoms with E-state index in [4.69, 9.17) is 0 Å². The molecular formula is C32H34N4OS. The Labute approximate surface area is 229 Å². The van der Waals surface area contributed by atoms with Gasteiger partial charge in [0.15, 0.2) is 0 Å². The Balaban J connectivity index is 1.23. The van der Waals surface area contributed by atoms with Crippen LogP contribution in [0.2, 0.25) is 0 Å². The number of hydrogen-bond acceptors (Lipinski definition) is 4. The fourth-order valence-electron chi connectivity index (χ4n) is 5.54. The SMILES string of the molecule is CCc1ccc(SNC2CCc3ccc(N(Cc4nccn4C)C(=O)C4CC4c4ccccc4)cc32)cc1. The molecule has 1 heterocycles. The number of rotatable bonds is 9. The maximum Gasteiger partial charge on any atom is 0.231 e. The fourth-order valence-corrected chi connectivity index (χ4v) is 6.33. The predicted octanol–water partition coefficient (Wildman–Crippen LogP) is 6.60. The van der Waals surface area contributed by atoms with Crippen molar-refractivity contribution in [2.45, 2.75) is 56.0 Å². The van der Waals surface area contributed by atoms with Gasteiger partial charge in [-0.15, -0.1) is 0 Å².